The molecule has 0 heterocycles. The summed E-state index contributed by atoms with van der Waals surface area (Å²) in [5, 5.41) is 17.6. The summed E-state index contributed by atoms with van der Waals surface area (Å²) in [6.07, 6.45) is -1.76. The van der Waals surface area contributed by atoms with E-state index in [-0.39, 0.29) is 5.56 Å². The van der Waals surface area contributed by atoms with E-state index in [1.807, 2.05) is 0 Å². The maximum absolute atomic E-state index is 12.9. The number of carboxylic acid groups (broad SMARTS) is 1. The van der Waals surface area contributed by atoms with Gasteiger partial charge in [0.1, 0.15) is 5.82 Å². The molecular formula is C9H9FO3. The molecule has 70 valence electrons. The summed E-state index contributed by atoms with van der Waals surface area (Å²) in [5.41, 5.74) is 0.0184. The van der Waals surface area contributed by atoms with Crippen LogP contribution in [-0.2, 0) is 4.79 Å². The summed E-state index contributed by atoms with van der Waals surface area (Å²) in [5.74, 6) is -1.74. The fraction of sp³-hybridized carbons (Fsp3) is 0.222. The van der Waals surface area contributed by atoms with Gasteiger partial charge in [0.2, 0.25) is 0 Å². The molecule has 0 saturated carbocycles. The van der Waals surface area contributed by atoms with E-state index >= 15 is 0 Å². The van der Waals surface area contributed by atoms with Crippen LogP contribution in [0.3, 0.4) is 0 Å². The zero-order chi connectivity index (χ0) is 9.84. The number of aliphatic hydroxyl groups is 1. The first-order valence-electron chi connectivity index (χ1n) is 3.75. The molecule has 0 bridgehead atoms. The van der Waals surface area contributed by atoms with E-state index in [2.05, 4.69) is 0 Å². The number of aliphatic hydroxyl groups excluding tert-OH is 1. The van der Waals surface area contributed by atoms with Gasteiger partial charge in [-0.1, -0.05) is 18.2 Å². The van der Waals surface area contributed by atoms with Gasteiger partial charge in [0.05, 0.1) is 12.5 Å². The van der Waals surface area contributed by atoms with E-state index in [1.165, 1.54) is 18.2 Å². The second kappa shape index (κ2) is 4.00. The van der Waals surface area contributed by atoms with Gasteiger partial charge >= 0.3 is 5.97 Å². The van der Waals surface area contributed by atoms with E-state index in [9.17, 15) is 14.3 Å². The molecule has 0 saturated heterocycles. The van der Waals surface area contributed by atoms with Crippen LogP contribution < -0.4 is 0 Å². The third kappa shape index (κ3) is 2.52. The van der Waals surface area contributed by atoms with Crippen molar-refractivity contribution in [3.05, 3.63) is 35.6 Å². The van der Waals surface area contributed by atoms with Gasteiger partial charge in [0.15, 0.2) is 0 Å². The maximum Gasteiger partial charge on any atom is 0.306 e. The quantitative estimate of drug-likeness (QED) is 0.745. The van der Waals surface area contributed by atoms with Crippen LogP contribution in [0, 0.1) is 5.82 Å². The highest BCUT2D eigenvalue weighted by molar-refractivity contribution is 5.67. The molecular weight excluding hydrogens is 175 g/mol. The molecule has 0 aliphatic rings. The van der Waals surface area contributed by atoms with Crippen molar-refractivity contribution in [1.82, 2.24) is 0 Å². The smallest absolute Gasteiger partial charge is 0.306 e. The Balaban J connectivity index is 2.82. The molecule has 3 nitrogen and oxygen atoms in total. The summed E-state index contributed by atoms with van der Waals surface area (Å²) >= 11 is 0. The molecule has 0 unspecified atom stereocenters. The van der Waals surface area contributed by atoms with Gasteiger partial charge in [0, 0.05) is 5.56 Å². The number of rotatable bonds is 3. The van der Waals surface area contributed by atoms with Crippen LogP contribution in [0.4, 0.5) is 4.39 Å². The lowest BCUT2D eigenvalue weighted by molar-refractivity contribution is -0.139. The van der Waals surface area contributed by atoms with Crippen molar-refractivity contribution in [3.8, 4) is 0 Å². The highest BCUT2D eigenvalue weighted by atomic mass is 19.1. The fourth-order valence-corrected chi connectivity index (χ4v) is 1.02. The number of carboxylic acids is 1. The highest BCUT2D eigenvalue weighted by Gasteiger charge is 2.14. The molecule has 1 aromatic carbocycles. The SMILES string of the molecule is O=C(O)C[C@@H](O)c1ccccc1F. The van der Waals surface area contributed by atoms with Crippen LogP contribution in [0.1, 0.15) is 18.1 Å². The van der Waals surface area contributed by atoms with Crippen molar-refractivity contribution in [2.75, 3.05) is 0 Å². The highest BCUT2D eigenvalue weighted by Crippen LogP contribution is 2.19. The molecule has 2 N–H and O–H groups in total. The Labute approximate surface area is 74.4 Å². The third-order valence-corrected chi connectivity index (χ3v) is 1.63. The summed E-state index contributed by atoms with van der Waals surface area (Å²) in [7, 11) is 0. The summed E-state index contributed by atoms with van der Waals surface area (Å²) < 4.78 is 12.9. The molecule has 1 aromatic rings. The van der Waals surface area contributed by atoms with E-state index in [4.69, 9.17) is 5.11 Å². The van der Waals surface area contributed by atoms with Gasteiger partial charge in [-0.05, 0) is 6.07 Å². The van der Waals surface area contributed by atoms with Crippen LogP contribution in [0.5, 0.6) is 0 Å². The normalized spacial score (nSPS) is 12.5. The van der Waals surface area contributed by atoms with Crippen molar-refractivity contribution < 1.29 is 19.4 Å². The Kier molecular flexibility index (Phi) is 2.97. The van der Waals surface area contributed by atoms with Crippen molar-refractivity contribution in [1.29, 1.82) is 0 Å². The van der Waals surface area contributed by atoms with Crippen LogP contribution in [-0.4, -0.2) is 16.2 Å². The molecule has 0 amide bonds. The minimum atomic E-state index is -1.28. The molecule has 0 radical (unpaired) electrons. The number of halogens is 1. The van der Waals surface area contributed by atoms with Crippen molar-refractivity contribution in [2.24, 2.45) is 0 Å². The molecule has 0 spiro atoms. The van der Waals surface area contributed by atoms with Crippen LogP contribution in [0.2, 0.25) is 0 Å². The average molecular weight is 184 g/mol. The largest absolute Gasteiger partial charge is 0.481 e. The Bertz CT molecular complexity index is 311. The van der Waals surface area contributed by atoms with Gasteiger partial charge in [-0.25, -0.2) is 4.39 Å². The van der Waals surface area contributed by atoms with Gasteiger partial charge in [0.25, 0.3) is 0 Å². The zero-order valence-electron chi connectivity index (χ0n) is 6.77. The first-order chi connectivity index (χ1) is 6.11. The zero-order valence-corrected chi connectivity index (χ0v) is 6.77. The summed E-state index contributed by atoms with van der Waals surface area (Å²) in [4.78, 5) is 10.2. The van der Waals surface area contributed by atoms with Gasteiger partial charge in [-0.3, -0.25) is 4.79 Å². The second-order valence-corrected chi connectivity index (χ2v) is 2.64. The Morgan fingerprint density at radius 2 is 2.08 bits per heavy atom. The standard InChI is InChI=1S/C9H9FO3/c10-7-4-2-1-3-6(7)8(11)5-9(12)13/h1-4,8,11H,5H2,(H,12,13)/t8-/m1/s1. The Morgan fingerprint density at radius 3 is 2.62 bits per heavy atom. The topological polar surface area (TPSA) is 57.5 Å². The van der Waals surface area contributed by atoms with E-state index < -0.39 is 24.3 Å². The van der Waals surface area contributed by atoms with Gasteiger partial charge in [-0.15, -0.1) is 0 Å². The summed E-state index contributed by atoms with van der Waals surface area (Å²) in [6, 6.07) is 5.57. The number of aliphatic carboxylic acids is 1. The lowest BCUT2D eigenvalue weighted by atomic mass is 10.1. The second-order valence-electron chi connectivity index (χ2n) is 2.64. The van der Waals surface area contributed by atoms with Gasteiger partial charge in [-0.2, -0.15) is 0 Å². The van der Waals surface area contributed by atoms with Crippen molar-refractivity contribution in [3.63, 3.8) is 0 Å². The molecule has 4 heteroatoms. The molecule has 13 heavy (non-hydrogen) atoms. The molecule has 0 aliphatic carbocycles. The lowest BCUT2D eigenvalue weighted by Gasteiger charge is -2.08. The molecule has 0 fully saturated rings. The van der Waals surface area contributed by atoms with E-state index in [0.717, 1.165) is 0 Å². The minimum Gasteiger partial charge on any atom is -0.481 e. The predicted octanol–water partition coefficient (Wildman–Crippen LogP) is 1.33. The first kappa shape index (κ1) is 9.67. The fourth-order valence-electron chi connectivity index (χ4n) is 1.02. The molecule has 1 rings (SSSR count). The summed E-state index contributed by atoms with van der Waals surface area (Å²) in [6.45, 7) is 0. The molecule has 1 atom stereocenters. The molecule has 0 aliphatic heterocycles. The third-order valence-electron chi connectivity index (χ3n) is 1.63. The average Bonchev–Trinajstić information content (AvgIpc) is 2.03. The monoisotopic (exact) mass is 184 g/mol. The van der Waals surface area contributed by atoms with E-state index in [1.54, 1.807) is 6.07 Å². The van der Waals surface area contributed by atoms with Gasteiger partial charge < -0.3 is 10.2 Å². The van der Waals surface area contributed by atoms with E-state index in [0.29, 0.717) is 0 Å². The van der Waals surface area contributed by atoms with Crippen molar-refractivity contribution >= 4 is 5.97 Å². The molecule has 0 aromatic heterocycles. The predicted molar refractivity (Wildman–Crippen MR) is 43.6 cm³/mol. The van der Waals surface area contributed by atoms with Crippen LogP contribution in [0.15, 0.2) is 24.3 Å². The number of carbonyl (C=O) groups is 1. The first-order valence-corrected chi connectivity index (χ1v) is 3.75. The minimum absolute atomic E-state index is 0.0184. The van der Waals surface area contributed by atoms with Crippen LogP contribution in [0.25, 0.3) is 0 Å². The maximum atomic E-state index is 12.9. The van der Waals surface area contributed by atoms with Crippen LogP contribution >= 0.6 is 0 Å². The number of benzene rings is 1. The lowest BCUT2D eigenvalue weighted by Crippen LogP contribution is -2.06. The Hall–Kier alpha value is -1.42. The Morgan fingerprint density at radius 1 is 1.46 bits per heavy atom. The number of hydrogen-bond donors (Lipinski definition) is 2. The number of hydrogen-bond acceptors (Lipinski definition) is 2. The van der Waals surface area contributed by atoms with Crippen molar-refractivity contribution in [2.45, 2.75) is 12.5 Å².